The molecule has 1 aromatic rings. The van der Waals surface area contributed by atoms with Crippen molar-refractivity contribution in [2.75, 3.05) is 13.7 Å². The van der Waals surface area contributed by atoms with Crippen molar-refractivity contribution in [1.82, 2.24) is 4.90 Å². The predicted octanol–water partition coefficient (Wildman–Crippen LogP) is 3.24. The van der Waals surface area contributed by atoms with Gasteiger partial charge in [-0.05, 0) is 49.4 Å². The normalized spacial score (nSPS) is 17.4. The molecule has 7 heteroatoms. The van der Waals surface area contributed by atoms with Crippen LogP contribution in [0.15, 0.2) is 41.3 Å². The van der Waals surface area contributed by atoms with Crippen molar-refractivity contribution in [2.24, 2.45) is 0 Å². The van der Waals surface area contributed by atoms with Crippen molar-refractivity contribution in [3.05, 3.63) is 46.9 Å². The van der Waals surface area contributed by atoms with Crippen molar-refractivity contribution in [2.45, 2.75) is 19.9 Å². The van der Waals surface area contributed by atoms with E-state index in [0.717, 1.165) is 28.0 Å². The SMILES string of the molecule is CCOC(=O)[C@H](C)N1C(=O)SC(=CC=Cc2ccc(OC)cc2)C1=O. The number of amides is 2. The minimum absolute atomic E-state index is 0.194. The molecule has 1 heterocycles. The van der Waals surface area contributed by atoms with E-state index < -0.39 is 23.2 Å². The topological polar surface area (TPSA) is 72.9 Å². The summed E-state index contributed by atoms with van der Waals surface area (Å²) in [5.74, 6) is -0.332. The number of esters is 1. The molecule has 0 unspecified atom stereocenters. The molecule has 1 aliphatic heterocycles. The van der Waals surface area contributed by atoms with Gasteiger partial charge in [0, 0.05) is 0 Å². The fourth-order valence-electron chi connectivity index (χ4n) is 2.16. The average Bonchev–Trinajstić information content (AvgIpc) is 2.89. The number of carbonyl (C=O) groups is 3. The first-order valence-corrected chi connectivity index (χ1v) is 8.54. The molecule has 1 saturated heterocycles. The van der Waals surface area contributed by atoms with Crippen LogP contribution in [0.5, 0.6) is 5.75 Å². The maximum atomic E-state index is 12.3. The molecule has 0 aliphatic carbocycles. The number of benzene rings is 1. The molecule has 1 fully saturated rings. The van der Waals surface area contributed by atoms with Crippen LogP contribution in [0.25, 0.3) is 6.08 Å². The summed E-state index contributed by atoms with van der Waals surface area (Å²) < 4.78 is 9.95. The van der Waals surface area contributed by atoms with Gasteiger partial charge in [0.1, 0.15) is 11.8 Å². The van der Waals surface area contributed by atoms with E-state index in [1.54, 1.807) is 26.2 Å². The van der Waals surface area contributed by atoms with E-state index >= 15 is 0 Å². The molecule has 0 radical (unpaired) electrons. The second-order valence-corrected chi connectivity index (χ2v) is 6.13. The van der Waals surface area contributed by atoms with Gasteiger partial charge in [0.25, 0.3) is 11.1 Å². The molecule has 25 heavy (non-hydrogen) atoms. The number of hydrogen-bond donors (Lipinski definition) is 0. The number of carbonyl (C=O) groups excluding carboxylic acids is 3. The van der Waals surface area contributed by atoms with Crippen molar-refractivity contribution >= 4 is 35.0 Å². The molecular weight excluding hydrogens is 342 g/mol. The second kappa shape index (κ2) is 8.53. The van der Waals surface area contributed by atoms with E-state index in [2.05, 4.69) is 0 Å². The zero-order valence-electron chi connectivity index (χ0n) is 14.2. The summed E-state index contributed by atoms with van der Waals surface area (Å²) in [5.41, 5.74) is 0.927. The van der Waals surface area contributed by atoms with Gasteiger partial charge >= 0.3 is 5.97 Å². The Morgan fingerprint density at radius 3 is 2.56 bits per heavy atom. The molecule has 0 saturated carbocycles. The highest BCUT2D eigenvalue weighted by atomic mass is 32.2. The fraction of sp³-hybridized carbons (Fsp3) is 0.278. The Kier molecular flexibility index (Phi) is 6.41. The highest BCUT2D eigenvalue weighted by molar-refractivity contribution is 8.18. The van der Waals surface area contributed by atoms with E-state index in [1.807, 2.05) is 30.3 Å². The van der Waals surface area contributed by atoms with Crippen LogP contribution >= 0.6 is 11.8 Å². The van der Waals surface area contributed by atoms with Crippen LogP contribution < -0.4 is 4.74 Å². The summed E-state index contributed by atoms with van der Waals surface area (Å²) in [5, 5.41) is -0.477. The summed E-state index contributed by atoms with van der Waals surface area (Å²) in [6.07, 6.45) is 5.06. The van der Waals surface area contributed by atoms with Crippen molar-refractivity contribution in [3.63, 3.8) is 0 Å². The molecule has 0 N–H and O–H groups in total. The summed E-state index contributed by atoms with van der Waals surface area (Å²) in [6, 6.07) is 6.46. The average molecular weight is 361 g/mol. The minimum atomic E-state index is -0.941. The van der Waals surface area contributed by atoms with Crippen LogP contribution in [0.3, 0.4) is 0 Å². The van der Waals surface area contributed by atoms with Gasteiger partial charge in [0.15, 0.2) is 0 Å². The standard InChI is InChI=1S/C18H19NO5S/c1-4-24-17(21)12(2)19-16(20)15(25-18(19)22)7-5-6-13-8-10-14(23-3)11-9-13/h5-12H,4H2,1-3H3/t12-/m0/s1. The van der Waals surface area contributed by atoms with Gasteiger partial charge < -0.3 is 9.47 Å². The van der Waals surface area contributed by atoms with Crippen LogP contribution in [0.4, 0.5) is 4.79 Å². The lowest BCUT2D eigenvalue weighted by atomic mass is 10.2. The van der Waals surface area contributed by atoms with Crippen molar-refractivity contribution in [3.8, 4) is 5.75 Å². The molecule has 1 aliphatic rings. The quantitative estimate of drug-likeness (QED) is 0.572. The third kappa shape index (κ3) is 4.51. The fourth-order valence-corrected chi connectivity index (χ4v) is 3.02. The monoisotopic (exact) mass is 361 g/mol. The molecule has 0 spiro atoms. The lowest BCUT2D eigenvalue weighted by Gasteiger charge is -2.19. The maximum Gasteiger partial charge on any atom is 0.329 e. The minimum Gasteiger partial charge on any atom is -0.497 e. The van der Waals surface area contributed by atoms with Crippen LogP contribution in [0.2, 0.25) is 0 Å². The van der Waals surface area contributed by atoms with Crippen LogP contribution in [-0.2, 0) is 14.3 Å². The van der Waals surface area contributed by atoms with Gasteiger partial charge in [-0.15, -0.1) is 0 Å². The molecule has 132 valence electrons. The first-order chi connectivity index (χ1) is 12.0. The Bertz CT molecular complexity index is 723. The van der Waals surface area contributed by atoms with Gasteiger partial charge in [0.2, 0.25) is 0 Å². The van der Waals surface area contributed by atoms with E-state index in [0.29, 0.717) is 0 Å². The molecule has 2 rings (SSSR count). The third-order valence-electron chi connectivity index (χ3n) is 3.49. The number of hydrogen-bond acceptors (Lipinski definition) is 6. The first kappa shape index (κ1) is 18.8. The molecular formula is C18H19NO5S. The molecule has 2 amide bonds. The zero-order chi connectivity index (χ0) is 18.4. The second-order valence-electron chi connectivity index (χ2n) is 5.13. The Morgan fingerprint density at radius 1 is 1.28 bits per heavy atom. The number of nitrogens with zero attached hydrogens (tertiary/aromatic N) is 1. The number of rotatable bonds is 6. The van der Waals surface area contributed by atoms with Gasteiger partial charge in [-0.3, -0.25) is 14.5 Å². The number of allylic oxidation sites excluding steroid dienone is 2. The number of imide groups is 1. The van der Waals surface area contributed by atoms with Crippen LogP contribution in [-0.4, -0.2) is 41.8 Å². The predicted molar refractivity (Wildman–Crippen MR) is 96.0 cm³/mol. The van der Waals surface area contributed by atoms with E-state index in [4.69, 9.17) is 9.47 Å². The number of methoxy groups -OCH3 is 1. The lowest BCUT2D eigenvalue weighted by molar-refractivity contribution is -0.150. The highest BCUT2D eigenvalue weighted by Crippen LogP contribution is 2.32. The Morgan fingerprint density at radius 2 is 1.96 bits per heavy atom. The lowest BCUT2D eigenvalue weighted by Crippen LogP contribution is -2.42. The maximum absolute atomic E-state index is 12.3. The van der Waals surface area contributed by atoms with Crippen molar-refractivity contribution < 1.29 is 23.9 Å². The summed E-state index contributed by atoms with van der Waals surface area (Å²) in [4.78, 5) is 37.3. The third-order valence-corrected chi connectivity index (χ3v) is 4.39. The van der Waals surface area contributed by atoms with E-state index in [9.17, 15) is 14.4 Å². The largest absolute Gasteiger partial charge is 0.497 e. The van der Waals surface area contributed by atoms with Crippen LogP contribution in [0, 0.1) is 0 Å². The zero-order valence-corrected chi connectivity index (χ0v) is 15.0. The Balaban J connectivity index is 2.08. The number of ether oxygens (including phenoxy) is 2. The summed E-state index contributed by atoms with van der Waals surface area (Å²) >= 11 is 0.806. The Labute approximate surface area is 150 Å². The van der Waals surface area contributed by atoms with Gasteiger partial charge in [-0.25, -0.2) is 4.79 Å². The molecule has 0 aromatic heterocycles. The summed E-state index contributed by atoms with van der Waals surface area (Å²) in [6.45, 7) is 3.34. The summed E-state index contributed by atoms with van der Waals surface area (Å²) in [7, 11) is 1.60. The van der Waals surface area contributed by atoms with Crippen LogP contribution in [0.1, 0.15) is 19.4 Å². The number of thioether (sulfide) groups is 1. The van der Waals surface area contributed by atoms with Gasteiger partial charge in [0.05, 0.1) is 18.6 Å². The first-order valence-electron chi connectivity index (χ1n) is 7.72. The van der Waals surface area contributed by atoms with E-state index in [1.165, 1.54) is 6.92 Å². The van der Waals surface area contributed by atoms with Crippen molar-refractivity contribution in [1.29, 1.82) is 0 Å². The van der Waals surface area contributed by atoms with Gasteiger partial charge in [-0.2, -0.15) is 0 Å². The highest BCUT2D eigenvalue weighted by Gasteiger charge is 2.41. The molecule has 1 atom stereocenters. The Hall–Kier alpha value is -2.54. The van der Waals surface area contributed by atoms with E-state index in [-0.39, 0.29) is 11.5 Å². The molecule has 1 aromatic carbocycles. The molecule has 0 bridgehead atoms. The smallest absolute Gasteiger partial charge is 0.329 e. The van der Waals surface area contributed by atoms with Gasteiger partial charge in [-0.1, -0.05) is 24.3 Å². The molecule has 6 nitrogen and oxygen atoms in total.